The van der Waals surface area contributed by atoms with Crippen LogP contribution in [0.1, 0.15) is 5.69 Å². The zero-order valence-electron chi connectivity index (χ0n) is 9.47. The van der Waals surface area contributed by atoms with E-state index in [-0.39, 0.29) is 0 Å². The molecule has 17 heavy (non-hydrogen) atoms. The normalized spacial score (nSPS) is 10.5. The van der Waals surface area contributed by atoms with E-state index in [0.29, 0.717) is 13.2 Å². The second-order valence-electron chi connectivity index (χ2n) is 3.70. The summed E-state index contributed by atoms with van der Waals surface area (Å²) in [6.45, 7) is 2.01. The van der Waals surface area contributed by atoms with Crippen LogP contribution in [0, 0.1) is 0 Å². The summed E-state index contributed by atoms with van der Waals surface area (Å²) in [6.07, 6.45) is 2.02. The Morgan fingerprint density at radius 1 is 1.24 bits per heavy atom. The lowest BCUT2D eigenvalue weighted by Crippen LogP contribution is -2.12. The van der Waals surface area contributed by atoms with Gasteiger partial charge in [-0.1, -0.05) is 22.0 Å². The minimum atomic E-state index is 0.559. The Morgan fingerprint density at radius 3 is 2.88 bits per heavy atom. The highest BCUT2D eigenvalue weighted by Crippen LogP contribution is 2.17. The molecule has 0 fully saturated rings. The van der Waals surface area contributed by atoms with Gasteiger partial charge in [-0.15, -0.1) is 0 Å². The summed E-state index contributed by atoms with van der Waals surface area (Å²) >= 11 is 3.41. The van der Waals surface area contributed by atoms with E-state index in [1.807, 2.05) is 42.6 Å². The molecule has 0 aliphatic heterocycles. The number of ether oxygens (including phenoxy) is 1. The van der Waals surface area contributed by atoms with Crippen molar-refractivity contribution in [2.75, 3.05) is 6.61 Å². The van der Waals surface area contributed by atoms with Gasteiger partial charge in [0.2, 0.25) is 0 Å². The summed E-state index contributed by atoms with van der Waals surface area (Å²) in [7, 11) is 0. The van der Waals surface area contributed by atoms with Crippen molar-refractivity contribution in [3.63, 3.8) is 0 Å². The van der Waals surface area contributed by atoms with Crippen LogP contribution in [0.2, 0.25) is 0 Å². The van der Waals surface area contributed by atoms with Gasteiger partial charge in [0, 0.05) is 22.9 Å². The molecule has 0 bridgehead atoms. The maximum absolute atomic E-state index is 5.67. The topological polar surface area (TPSA) is 40.2 Å². The first-order valence-corrected chi connectivity index (χ1v) is 6.31. The molecule has 0 amide bonds. The monoisotopic (exact) mass is 294 g/mol. The van der Waals surface area contributed by atoms with E-state index in [1.165, 1.54) is 0 Å². The summed E-state index contributed by atoms with van der Waals surface area (Å²) in [5, 5.41) is 0. The molecule has 2 aromatic rings. The largest absolute Gasteiger partial charge is 0.492 e. The molecule has 0 saturated carbocycles. The average molecular weight is 295 g/mol. The SMILES string of the molecule is NCc1cccn1CCOc1cccc(Br)c1. The van der Waals surface area contributed by atoms with Crippen molar-refractivity contribution in [1.29, 1.82) is 0 Å². The fraction of sp³-hybridized carbons (Fsp3) is 0.231. The molecular formula is C13H15BrN2O. The molecule has 4 heteroatoms. The molecule has 0 radical (unpaired) electrons. The maximum atomic E-state index is 5.67. The van der Waals surface area contributed by atoms with Crippen molar-refractivity contribution in [2.24, 2.45) is 5.73 Å². The number of hydrogen-bond donors (Lipinski definition) is 1. The zero-order chi connectivity index (χ0) is 12.1. The molecule has 2 N–H and O–H groups in total. The lowest BCUT2D eigenvalue weighted by molar-refractivity contribution is 0.296. The van der Waals surface area contributed by atoms with Gasteiger partial charge in [-0.2, -0.15) is 0 Å². The van der Waals surface area contributed by atoms with Crippen LogP contribution in [0.4, 0.5) is 0 Å². The fourth-order valence-electron chi connectivity index (χ4n) is 1.67. The third kappa shape index (κ3) is 3.35. The summed E-state index contributed by atoms with van der Waals surface area (Å²) in [6, 6.07) is 11.9. The predicted molar refractivity (Wildman–Crippen MR) is 72.0 cm³/mol. The lowest BCUT2D eigenvalue weighted by Gasteiger charge is -2.09. The number of nitrogens with two attached hydrogens (primary N) is 1. The molecule has 0 aliphatic carbocycles. The van der Waals surface area contributed by atoms with Gasteiger partial charge in [-0.05, 0) is 30.3 Å². The molecule has 0 spiro atoms. The second-order valence-corrected chi connectivity index (χ2v) is 4.62. The summed E-state index contributed by atoms with van der Waals surface area (Å²) in [5.41, 5.74) is 6.76. The Hall–Kier alpha value is -1.26. The van der Waals surface area contributed by atoms with Crippen LogP contribution in [0.25, 0.3) is 0 Å². The Balaban J connectivity index is 1.87. The van der Waals surface area contributed by atoms with E-state index in [4.69, 9.17) is 10.5 Å². The number of halogens is 1. The summed E-state index contributed by atoms with van der Waals surface area (Å²) in [4.78, 5) is 0. The molecule has 0 unspecified atom stereocenters. The van der Waals surface area contributed by atoms with Gasteiger partial charge >= 0.3 is 0 Å². The van der Waals surface area contributed by atoms with Gasteiger partial charge < -0.3 is 15.0 Å². The Labute approximate surface area is 109 Å². The van der Waals surface area contributed by atoms with Gasteiger partial charge in [-0.3, -0.25) is 0 Å². The van der Waals surface area contributed by atoms with Crippen LogP contribution in [0.15, 0.2) is 47.1 Å². The predicted octanol–water partition coefficient (Wildman–Crippen LogP) is 2.79. The highest BCUT2D eigenvalue weighted by molar-refractivity contribution is 9.10. The number of aromatic nitrogens is 1. The van der Waals surface area contributed by atoms with Crippen molar-refractivity contribution in [3.05, 3.63) is 52.8 Å². The van der Waals surface area contributed by atoms with E-state index in [2.05, 4.69) is 20.5 Å². The molecule has 90 valence electrons. The first-order chi connectivity index (χ1) is 8.29. The number of nitrogens with zero attached hydrogens (tertiary/aromatic N) is 1. The number of rotatable bonds is 5. The molecule has 0 aliphatic rings. The summed E-state index contributed by atoms with van der Waals surface area (Å²) in [5.74, 6) is 0.876. The molecular weight excluding hydrogens is 280 g/mol. The Bertz CT molecular complexity index is 482. The smallest absolute Gasteiger partial charge is 0.120 e. The highest BCUT2D eigenvalue weighted by atomic mass is 79.9. The van der Waals surface area contributed by atoms with Gasteiger partial charge in [0.1, 0.15) is 12.4 Å². The van der Waals surface area contributed by atoms with E-state index in [9.17, 15) is 0 Å². The first-order valence-electron chi connectivity index (χ1n) is 5.52. The van der Waals surface area contributed by atoms with Crippen molar-refractivity contribution < 1.29 is 4.74 Å². The third-order valence-electron chi connectivity index (χ3n) is 2.53. The standard InChI is InChI=1S/C13H15BrN2O/c14-11-3-1-5-13(9-11)17-8-7-16-6-2-4-12(16)10-15/h1-6,9H,7-8,10,15H2. The summed E-state index contributed by atoms with van der Waals surface area (Å²) < 4.78 is 8.80. The Morgan fingerprint density at radius 2 is 2.12 bits per heavy atom. The zero-order valence-corrected chi connectivity index (χ0v) is 11.1. The van der Waals surface area contributed by atoms with Crippen LogP contribution >= 0.6 is 15.9 Å². The minimum absolute atomic E-state index is 0.559. The molecule has 0 atom stereocenters. The molecule has 1 aromatic heterocycles. The Kier molecular flexibility index (Phi) is 4.23. The van der Waals surface area contributed by atoms with Crippen molar-refractivity contribution in [3.8, 4) is 5.75 Å². The van der Waals surface area contributed by atoms with Crippen LogP contribution in [0.5, 0.6) is 5.75 Å². The van der Waals surface area contributed by atoms with Gasteiger partial charge in [0.15, 0.2) is 0 Å². The lowest BCUT2D eigenvalue weighted by atomic mass is 10.3. The van der Waals surface area contributed by atoms with Crippen LogP contribution in [-0.4, -0.2) is 11.2 Å². The van der Waals surface area contributed by atoms with E-state index < -0.39 is 0 Å². The van der Waals surface area contributed by atoms with E-state index in [0.717, 1.165) is 22.5 Å². The highest BCUT2D eigenvalue weighted by Gasteiger charge is 1.99. The quantitative estimate of drug-likeness (QED) is 0.921. The van der Waals surface area contributed by atoms with E-state index in [1.54, 1.807) is 0 Å². The first kappa shape index (κ1) is 12.2. The van der Waals surface area contributed by atoms with Crippen LogP contribution in [-0.2, 0) is 13.1 Å². The fourth-order valence-corrected chi connectivity index (χ4v) is 2.05. The van der Waals surface area contributed by atoms with Crippen LogP contribution < -0.4 is 10.5 Å². The second kappa shape index (κ2) is 5.89. The molecule has 1 heterocycles. The van der Waals surface area contributed by atoms with Gasteiger partial charge in [0.05, 0.1) is 6.54 Å². The number of benzene rings is 1. The molecule has 3 nitrogen and oxygen atoms in total. The minimum Gasteiger partial charge on any atom is -0.492 e. The van der Waals surface area contributed by atoms with Crippen molar-refractivity contribution in [2.45, 2.75) is 13.1 Å². The van der Waals surface area contributed by atoms with Gasteiger partial charge in [0.25, 0.3) is 0 Å². The molecule has 0 saturated heterocycles. The van der Waals surface area contributed by atoms with Crippen molar-refractivity contribution in [1.82, 2.24) is 4.57 Å². The van der Waals surface area contributed by atoms with E-state index >= 15 is 0 Å². The maximum Gasteiger partial charge on any atom is 0.120 e. The molecule has 2 rings (SSSR count). The molecule has 1 aromatic carbocycles. The average Bonchev–Trinajstić information content (AvgIpc) is 2.77. The van der Waals surface area contributed by atoms with Crippen LogP contribution in [0.3, 0.4) is 0 Å². The number of hydrogen-bond acceptors (Lipinski definition) is 2. The third-order valence-corrected chi connectivity index (χ3v) is 3.02. The van der Waals surface area contributed by atoms with Gasteiger partial charge in [-0.25, -0.2) is 0 Å². The van der Waals surface area contributed by atoms with Crippen molar-refractivity contribution >= 4 is 15.9 Å².